The number of nitrogens with zero attached hydrogens (tertiary/aromatic N) is 2. The lowest BCUT2D eigenvalue weighted by molar-refractivity contribution is 0.466. The van der Waals surface area contributed by atoms with Crippen LogP contribution in [-0.4, -0.2) is 31.3 Å². The normalized spacial score (nSPS) is 14.0. The van der Waals surface area contributed by atoms with Crippen LogP contribution >= 0.6 is 0 Å². The Labute approximate surface area is 124 Å². The fourth-order valence-electron chi connectivity index (χ4n) is 2.44. The van der Waals surface area contributed by atoms with Gasteiger partial charge >= 0.3 is 0 Å². The van der Waals surface area contributed by atoms with Crippen molar-refractivity contribution in [1.82, 2.24) is 9.29 Å². The fourth-order valence-corrected chi connectivity index (χ4v) is 3.63. The molecule has 110 valence electrons. The van der Waals surface area contributed by atoms with E-state index in [4.69, 9.17) is 0 Å². The first-order valence-electron chi connectivity index (χ1n) is 6.79. The van der Waals surface area contributed by atoms with E-state index < -0.39 is 10.0 Å². The summed E-state index contributed by atoms with van der Waals surface area (Å²) >= 11 is 0. The molecule has 0 amide bonds. The van der Waals surface area contributed by atoms with Crippen molar-refractivity contribution in [3.05, 3.63) is 53.9 Å². The van der Waals surface area contributed by atoms with Crippen LogP contribution in [0.5, 0.6) is 0 Å². The van der Waals surface area contributed by atoms with Crippen LogP contribution in [0.15, 0.2) is 47.6 Å². The minimum atomic E-state index is -3.49. The zero-order valence-electron chi connectivity index (χ0n) is 11.8. The Balaban J connectivity index is 1.86. The molecule has 21 heavy (non-hydrogen) atoms. The zero-order valence-corrected chi connectivity index (χ0v) is 12.6. The molecule has 0 saturated heterocycles. The summed E-state index contributed by atoms with van der Waals surface area (Å²) in [5, 5.41) is 3.21. The van der Waals surface area contributed by atoms with Gasteiger partial charge in [0.15, 0.2) is 0 Å². The highest BCUT2D eigenvalue weighted by Gasteiger charge is 2.23. The first-order valence-corrected chi connectivity index (χ1v) is 8.23. The second kappa shape index (κ2) is 5.46. The molecule has 1 aliphatic rings. The molecule has 0 bridgehead atoms. The molecule has 0 radical (unpaired) electrons. The van der Waals surface area contributed by atoms with Crippen molar-refractivity contribution >= 4 is 15.7 Å². The van der Waals surface area contributed by atoms with Gasteiger partial charge in [0.25, 0.3) is 0 Å². The molecule has 1 aromatic heterocycles. The summed E-state index contributed by atoms with van der Waals surface area (Å²) in [5.41, 5.74) is 3.01. The van der Waals surface area contributed by atoms with Crippen molar-refractivity contribution in [3.8, 4) is 0 Å². The second-order valence-corrected chi connectivity index (χ2v) is 7.16. The van der Waals surface area contributed by atoms with Crippen LogP contribution in [0.25, 0.3) is 0 Å². The maximum Gasteiger partial charge on any atom is 0.243 e. The van der Waals surface area contributed by atoms with Crippen LogP contribution in [-0.2, 0) is 23.0 Å². The number of hydrogen-bond donors (Lipinski definition) is 1. The minimum absolute atomic E-state index is 0.326. The van der Waals surface area contributed by atoms with Crippen molar-refractivity contribution < 1.29 is 8.42 Å². The first-order chi connectivity index (χ1) is 10.1. The molecule has 1 aliphatic heterocycles. The quantitative estimate of drug-likeness (QED) is 0.936. The van der Waals surface area contributed by atoms with E-state index in [0.717, 1.165) is 24.2 Å². The summed E-state index contributed by atoms with van der Waals surface area (Å²) < 4.78 is 26.6. The topological polar surface area (TPSA) is 62.3 Å². The van der Waals surface area contributed by atoms with Gasteiger partial charge < -0.3 is 5.32 Å². The largest absolute Gasteiger partial charge is 0.384 e. The van der Waals surface area contributed by atoms with Gasteiger partial charge in [-0.3, -0.25) is 4.98 Å². The Kier molecular flexibility index (Phi) is 3.65. The molecular weight excluding hydrogens is 286 g/mol. The standard InChI is InChI=1S/C15H17N3O2S/c1-18(11-12-4-7-16-8-5-12)21(19,20)14-3-2-13-6-9-17-15(13)10-14/h2-5,7-8,10,17H,6,9,11H2,1H3. The Hall–Kier alpha value is -1.92. The lowest BCUT2D eigenvalue weighted by Crippen LogP contribution is -2.26. The number of aromatic nitrogens is 1. The van der Waals surface area contributed by atoms with Crippen LogP contribution in [0.3, 0.4) is 0 Å². The van der Waals surface area contributed by atoms with Gasteiger partial charge in [-0.25, -0.2) is 8.42 Å². The van der Waals surface area contributed by atoms with Crippen molar-refractivity contribution in [2.75, 3.05) is 18.9 Å². The molecule has 0 unspecified atom stereocenters. The van der Waals surface area contributed by atoms with Crippen molar-refractivity contribution in [3.63, 3.8) is 0 Å². The van der Waals surface area contributed by atoms with E-state index >= 15 is 0 Å². The Bertz CT molecular complexity index is 745. The Morgan fingerprint density at radius 3 is 2.76 bits per heavy atom. The fraction of sp³-hybridized carbons (Fsp3) is 0.267. The number of fused-ring (bicyclic) bond motifs is 1. The van der Waals surface area contributed by atoms with Gasteiger partial charge in [0.2, 0.25) is 10.0 Å². The highest BCUT2D eigenvalue weighted by Crippen LogP contribution is 2.27. The molecule has 0 aliphatic carbocycles. The van der Waals surface area contributed by atoms with Crippen LogP contribution in [0.2, 0.25) is 0 Å². The third kappa shape index (κ3) is 2.77. The lowest BCUT2D eigenvalue weighted by atomic mass is 10.2. The summed E-state index contributed by atoms with van der Waals surface area (Å²) in [6.07, 6.45) is 4.27. The van der Waals surface area contributed by atoms with Gasteiger partial charge in [-0.05, 0) is 41.8 Å². The number of rotatable bonds is 4. The van der Waals surface area contributed by atoms with Crippen molar-refractivity contribution in [2.24, 2.45) is 0 Å². The molecule has 5 nitrogen and oxygen atoms in total. The number of sulfonamides is 1. The molecule has 0 fully saturated rings. The highest BCUT2D eigenvalue weighted by atomic mass is 32.2. The van der Waals surface area contributed by atoms with E-state index in [0.29, 0.717) is 11.4 Å². The van der Waals surface area contributed by atoms with Gasteiger partial charge in [0.05, 0.1) is 4.90 Å². The van der Waals surface area contributed by atoms with Gasteiger partial charge in [-0.2, -0.15) is 4.31 Å². The molecule has 0 atom stereocenters. The Morgan fingerprint density at radius 2 is 2.00 bits per heavy atom. The Morgan fingerprint density at radius 1 is 1.24 bits per heavy atom. The molecule has 0 spiro atoms. The summed E-state index contributed by atoms with van der Waals surface area (Å²) in [4.78, 5) is 4.26. The third-order valence-corrected chi connectivity index (χ3v) is 5.45. The predicted molar refractivity (Wildman–Crippen MR) is 81.5 cm³/mol. The summed E-state index contributed by atoms with van der Waals surface area (Å²) in [6, 6.07) is 8.93. The average Bonchev–Trinajstić information content (AvgIpc) is 2.95. The van der Waals surface area contributed by atoms with Crippen LogP contribution in [0.4, 0.5) is 5.69 Å². The number of nitrogens with one attached hydrogen (secondary N) is 1. The highest BCUT2D eigenvalue weighted by molar-refractivity contribution is 7.89. The van der Waals surface area contributed by atoms with Gasteiger partial charge in [0.1, 0.15) is 0 Å². The molecule has 2 heterocycles. The predicted octanol–water partition coefficient (Wildman–Crippen LogP) is 1.87. The molecular formula is C15H17N3O2S. The zero-order chi connectivity index (χ0) is 14.9. The van der Waals surface area contributed by atoms with Crippen molar-refractivity contribution in [1.29, 1.82) is 0 Å². The summed E-state index contributed by atoms with van der Waals surface area (Å²) in [6.45, 7) is 1.20. The lowest BCUT2D eigenvalue weighted by Gasteiger charge is -2.17. The van der Waals surface area contributed by atoms with Gasteiger partial charge in [0, 0.05) is 38.2 Å². The smallest absolute Gasteiger partial charge is 0.243 e. The number of anilines is 1. The molecule has 3 rings (SSSR count). The van der Waals surface area contributed by atoms with Crippen molar-refractivity contribution in [2.45, 2.75) is 17.9 Å². The van der Waals surface area contributed by atoms with Crippen LogP contribution in [0, 0.1) is 0 Å². The molecule has 0 saturated carbocycles. The number of benzene rings is 1. The molecule has 1 N–H and O–H groups in total. The van der Waals surface area contributed by atoms with Crippen LogP contribution < -0.4 is 5.32 Å². The SMILES string of the molecule is CN(Cc1ccncc1)S(=O)(=O)c1ccc2c(c1)NCC2. The average molecular weight is 303 g/mol. The van der Waals surface area contributed by atoms with E-state index in [9.17, 15) is 8.42 Å². The maximum absolute atomic E-state index is 12.6. The first kappa shape index (κ1) is 14.0. The monoisotopic (exact) mass is 303 g/mol. The maximum atomic E-state index is 12.6. The number of hydrogen-bond acceptors (Lipinski definition) is 4. The second-order valence-electron chi connectivity index (χ2n) is 5.11. The summed E-state index contributed by atoms with van der Waals surface area (Å²) in [5.74, 6) is 0. The van der Waals surface area contributed by atoms with E-state index in [-0.39, 0.29) is 0 Å². The van der Waals surface area contributed by atoms with E-state index in [1.54, 1.807) is 31.6 Å². The van der Waals surface area contributed by atoms with Gasteiger partial charge in [-0.1, -0.05) is 6.07 Å². The molecule has 6 heteroatoms. The molecule has 2 aromatic rings. The molecule has 1 aromatic carbocycles. The number of pyridine rings is 1. The van der Waals surface area contributed by atoms with Gasteiger partial charge in [-0.15, -0.1) is 0 Å². The van der Waals surface area contributed by atoms with Crippen LogP contribution in [0.1, 0.15) is 11.1 Å². The third-order valence-electron chi connectivity index (χ3n) is 3.65. The minimum Gasteiger partial charge on any atom is -0.384 e. The van der Waals surface area contributed by atoms with E-state index in [1.807, 2.05) is 18.2 Å². The summed E-state index contributed by atoms with van der Waals surface area (Å²) in [7, 11) is -1.89. The van der Waals surface area contributed by atoms with E-state index in [1.165, 1.54) is 9.87 Å². The van der Waals surface area contributed by atoms with E-state index in [2.05, 4.69) is 10.3 Å².